The van der Waals surface area contributed by atoms with Crippen molar-refractivity contribution in [1.29, 1.82) is 0 Å². The zero-order chi connectivity index (χ0) is 24.4. The Hall–Kier alpha value is -2.35. The number of rotatable bonds is 14. The summed E-state index contributed by atoms with van der Waals surface area (Å²) in [5, 5.41) is 19.1. The molecule has 0 aliphatic carbocycles. The van der Waals surface area contributed by atoms with E-state index in [4.69, 9.17) is 5.11 Å². The predicted molar refractivity (Wildman–Crippen MR) is 119 cm³/mol. The van der Waals surface area contributed by atoms with Crippen molar-refractivity contribution in [2.24, 2.45) is 5.92 Å². The smallest absolute Gasteiger partial charge is 0.327 e. The van der Waals surface area contributed by atoms with E-state index in [1.54, 1.807) is 6.07 Å². The van der Waals surface area contributed by atoms with Crippen molar-refractivity contribution < 1.29 is 33.0 Å². The van der Waals surface area contributed by atoms with Gasteiger partial charge in [0.25, 0.3) is 5.91 Å². The van der Waals surface area contributed by atoms with E-state index in [0.29, 0.717) is 38.5 Å². The number of alkyl halides is 2. The maximum atomic E-state index is 14.0. The molecule has 2 N–H and O–H groups in total. The molecule has 5 nitrogen and oxygen atoms in total. The maximum absolute atomic E-state index is 14.0. The molecule has 184 valence electrons. The number of aliphatic carboxylic acids is 1. The van der Waals surface area contributed by atoms with E-state index in [2.05, 4.69) is 0 Å². The first-order chi connectivity index (χ1) is 15.6. The Balaban J connectivity index is 1.82. The molecule has 2 rings (SSSR count). The molecule has 1 aliphatic heterocycles. The summed E-state index contributed by atoms with van der Waals surface area (Å²) in [6.45, 7) is 2.04. The Labute approximate surface area is 193 Å². The second-order valence-corrected chi connectivity index (χ2v) is 8.91. The average molecular weight is 470 g/mol. The minimum absolute atomic E-state index is 0.0738. The van der Waals surface area contributed by atoms with Crippen LogP contribution in [0.2, 0.25) is 0 Å². The third kappa shape index (κ3) is 8.84. The summed E-state index contributed by atoms with van der Waals surface area (Å²) in [6.07, 6.45) is 6.10. The number of likely N-dealkylation sites (tertiary alicyclic amines) is 1. The van der Waals surface area contributed by atoms with Gasteiger partial charge in [0.1, 0.15) is 5.82 Å². The average Bonchev–Trinajstić information content (AvgIpc) is 2.96. The molecule has 1 amide bonds. The van der Waals surface area contributed by atoms with Crippen molar-refractivity contribution in [2.45, 2.75) is 82.8 Å². The van der Waals surface area contributed by atoms with Gasteiger partial charge in [-0.15, -0.1) is 0 Å². The molecule has 1 aliphatic rings. The van der Waals surface area contributed by atoms with E-state index < -0.39 is 36.4 Å². The molecular formula is C25H34F3NO4. The van der Waals surface area contributed by atoms with Crippen LogP contribution in [0.3, 0.4) is 0 Å². The van der Waals surface area contributed by atoms with Crippen LogP contribution in [-0.4, -0.2) is 51.6 Å². The Morgan fingerprint density at radius 2 is 1.97 bits per heavy atom. The molecule has 1 saturated heterocycles. The molecule has 0 unspecified atom stereocenters. The van der Waals surface area contributed by atoms with Crippen LogP contribution in [0.4, 0.5) is 13.2 Å². The second kappa shape index (κ2) is 12.8. The summed E-state index contributed by atoms with van der Waals surface area (Å²) in [5.41, 5.74) is 0.887. The number of hydrogen-bond donors (Lipinski definition) is 2. The van der Waals surface area contributed by atoms with Gasteiger partial charge in [0.05, 0.1) is 12.1 Å². The monoisotopic (exact) mass is 469 g/mol. The van der Waals surface area contributed by atoms with E-state index >= 15 is 0 Å². The first-order valence-electron chi connectivity index (χ1n) is 11.6. The highest BCUT2D eigenvalue weighted by Crippen LogP contribution is 2.34. The number of carbonyl (C=O) groups excluding carboxylic acids is 1. The number of carbonyl (C=O) groups is 2. The van der Waals surface area contributed by atoms with Crippen LogP contribution >= 0.6 is 0 Å². The van der Waals surface area contributed by atoms with Crippen LogP contribution in [0, 0.1) is 11.7 Å². The molecule has 1 fully saturated rings. The topological polar surface area (TPSA) is 77.8 Å². The Bertz CT molecular complexity index is 815. The highest BCUT2D eigenvalue weighted by Gasteiger charge is 2.52. The molecule has 0 aromatic heterocycles. The minimum Gasteiger partial charge on any atom is -0.481 e. The number of unbranched alkanes of at least 4 members (excludes halogenated alkanes) is 3. The number of nitrogens with zero attached hydrogens (tertiary/aromatic N) is 1. The fraction of sp³-hybridized carbons (Fsp3) is 0.600. The van der Waals surface area contributed by atoms with Crippen LogP contribution in [0.25, 0.3) is 0 Å². The number of carboxylic acid groups (broad SMARTS) is 1. The summed E-state index contributed by atoms with van der Waals surface area (Å²) in [7, 11) is 0. The predicted octanol–water partition coefficient (Wildman–Crippen LogP) is 4.97. The molecule has 1 aromatic rings. The quantitative estimate of drug-likeness (QED) is 0.298. The van der Waals surface area contributed by atoms with Gasteiger partial charge in [-0.25, -0.2) is 4.39 Å². The lowest BCUT2D eigenvalue weighted by Crippen LogP contribution is -2.36. The SMILES string of the molecule is C[C@@H](CCCc1cccc(F)c1)[C@H](O)/C=C/[C@H]1CC(F)(F)C(=O)N1CCCCCCC(=O)O. The van der Waals surface area contributed by atoms with Crippen LogP contribution in [0.1, 0.15) is 63.9 Å². The Morgan fingerprint density at radius 3 is 2.67 bits per heavy atom. The molecule has 3 atom stereocenters. The number of hydrogen-bond acceptors (Lipinski definition) is 3. The third-order valence-corrected chi connectivity index (χ3v) is 6.11. The van der Waals surface area contributed by atoms with E-state index in [0.717, 1.165) is 16.9 Å². The van der Waals surface area contributed by atoms with Crippen molar-refractivity contribution in [3.63, 3.8) is 0 Å². The second-order valence-electron chi connectivity index (χ2n) is 8.91. The van der Waals surface area contributed by atoms with E-state index in [1.807, 2.05) is 13.0 Å². The standard InChI is InChI=1S/C25H34F3NO4/c1-18(8-6-9-19-10-7-11-20(26)16-19)22(30)14-13-21-17-25(27,28)24(33)29(21)15-5-3-2-4-12-23(31)32/h7,10-11,13-14,16,18,21-22,30H,2-6,8-9,12,15,17H2,1H3,(H,31,32)/b14-13+/t18-,21-,22+/m0/s1. The minimum atomic E-state index is -3.42. The van der Waals surface area contributed by atoms with Crippen LogP contribution in [-0.2, 0) is 16.0 Å². The van der Waals surface area contributed by atoms with Crippen LogP contribution in [0.5, 0.6) is 0 Å². The molecule has 0 bridgehead atoms. The number of aryl methyl sites for hydroxylation is 1. The van der Waals surface area contributed by atoms with Crippen LogP contribution < -0.4 is 0 Å². The van der Waals surface area contributed by atoms with Gasteiger partial charge in [-0.1, -0.05) is 44.1 Å². The number of benzene rings is 1. The van der Waals surface area contributed by atoms with Crippen molar-refractivity contribution in [1.82, 2.24) is 4.90 Å². The van der Waals surface area contributed by atoms with Gasteiger partial charge in [-0.3, -0.25) is 9.59 Å². The van der Waals surface area contributed by atoms with Gasteiger partial charge in [0, 0.05) is 19.4 Å². The van der Waals surface area contributed by atoms with E-state index in [-0.39, 0.29) is 24.7 Å². The molecular weight excluding hydrogens is 435 g/mol. The highest BCUT2D eigenvalue weighted by atomic mass is 19.3. The molecule has 1 heterocycles. The van der Waals surface area contributed by atoms with Gasteiger partial charge in [-0.05, 0) is 55.7 Å². The van der Waals surface area contributed by atoms with Crippen molar-refractivity contribution in [3.8, 4) is 0 Å². The summed E-state index contributed by atoms with van der Waals surface area (Å²) >= 11 is 0. The molecule has 1 aromatic carbocycles. The summed E-state index contributed by atoms with van der Waals surface area (Å²) in [6, 6.07) is 5.61. The van der Waals surface area contributed by atoms with E-state index in [1.165, 1.54) is 24.3 Å². The number of amides is 1. The largest absolute Gasteiger partial charge is 0.481 e. The van der Waals surface area contributed by atoms with Gasteiger partial charge < -0.3 is 15.1 Å². The number of carboxylic acids is 1. The lowest BCUT2D eigenvalue weighted by atomic mass is 9.95. The molecule has 0 radical (unpaired) electrons. The molecule has 33 heavy (non-hydrogen) atoms. The third-order valence-electron chi connectivity index (χ3n) is 6.11. The van der Waals surface area contributed by atoms with Gasteiger partial charge >= 0.3 is 11.9 Å². The van der Waals surface area contributed by atoms with Crippen molar-refractivity contribution >= 4 is 11.9 Å². The van der Waals surface area contributed by atoms with Gasteiger partial charge in [0.15, 0.2) is 0 Å². The van der Waals surface area contributed by atoms with Crippen LogP contribution in [0.15, 0.2) is 36.4 Å². The number of aliphatic hydroxyl groups excluding tert-OH is 1. The zero-order valence-electron chi connectivity index (χ0n) is 19.1. The lowest BCUT2D eigenvalue weighted by Gasteiger charge is -2.22. The first-order valence-corrected chi connectivity index (χ1v) is 11.6. The summed E-state index contributed by atoms with van der Waals surface area (Å²) in [5.74, 6) is -5.87. The highest BCUT2D eigenvalue weighted by molar-refractivity contribution is 5.86. The molecule has 0 spiro atoms. The first kappa shape index (κ1) is 26.9. The zero-order valence-corrected chi connectivity index (χ0v) is 19.1. The summed E-state index contributed by atoms with van der Waals surface area (Å²) in [4.78, 5) is 23.8. The summed E-state index contributed by atoms with van der Waals surface area (Å²) < 4.78 is 41.3. The van der Waals surface area contributed by atoms with Crippen molar-refractivity contribution in [3.05, 3.63) is 47.8 Å². The molecule has 8 heteroatoms. The molecule has 0 saturated carbocycles. The Kier molecular flexibility index (Phi) is 10.4. The number of aliphatic hydroxyl groups is 1. The fourth-order valence-electron chi connectivity index (χ4n) is 4.10. The number of halogens is 3. The maximum Gasteiger partial charge on any atom is 0.327 e. The fourth-order valence-corrected chi connectivity index (χ4v) is 4.10. The van der Waals surface area contributed by atoms with Crippen molar-refractivity contribution in [2.75, 3.05) is 6.54 Å². The Morgan fingerprint density at radius 1 is 1.24 bits per heavy atom. The lowest BCUT2D eigenvalue weighted by molar-refractivity contribution is -0.148. The van der Waals surface area contributed by atoms with E-state index in [9.17, 15) is 27.9 Å². The van der Waals surface area contributed by atoms with Gasteiger partial charge in [0.2, 0.25) is 0 Å². The normalized spacial score (nSPS) is 19.8. The van der Waals surface area contributed by atoms with Gasteiger partial charge in [-0.2, -0.15) is 8.78 Å².